The van der Waals surface area contributed by atoms with Crippen molar-refractivity contribution in [1.29, 1.82) is 0 Å². The Bertz CT molecular complexity index is 1310. The van der Waals surface area contributed by atoms with Crippen LogP contribution in [0.2, 0.25) is 5.02 Å². The Kier molecular flexibility index (Phi) is 6.30. The topological polar surface area (TPSA) is 42.0 Å². The number of carbonyl (C=O) groups is 1. The molecular weight excluding hydrogens is 457 g/mol. The van der Waals surface area contributed by atoms with Gasteiger partial charge in [-0.1, -0.05) is 60.1 Å². The maximum absolute atomic E-state index is 13.0. The van der Waals surface area contributed by atoms with E-state index < -0.39 is 17.6 Å². The lowest BCUT2D eigenvalue weighted by molar-refractivity contribution is -0.137. The molecule has 0 saturated heterocycles. The Morgan fingerprint density at radius 1 is 1.09 bits per heavy atom. The van der Waals surface area contributed by atoms with Gasteiger partial charge in [-0.05, 0) is 40.1 Å². The molecule has 0 bridgehead atoms. The van der Waals surface area contributed by atoms with E-state index in [-0.39, 0.29) is 10.6 Å². The molecule has 1 amide bonds. The smallest absolute Gasteiger partial charge is 0.298 e. The number of carbonyl (C=O) groups excluding carboxylic acids is 1. The van der Waals surface area contributed by atoms with Crippen LogP contribution >= 0.6 is 22.9 Å². The minimum absolute atomic E-state index is 0.215. The van der Waals surface area contributed by atoms with Crippen molar-refractivity contribution in [1.82, 2.24) is 4.98 Å². The van der Waals surface area contributed by atoms with Gasteiger partial charge in [0.25, 0.3) is 0 Å². The molecule has 0 aliphatic carbocycles. The second-order valence-corrected chi connectivity index (χ2v) is 8.53. The van der Waals surface area contributed by atoms with Crippen LogP contribution in [0.1, 0.15) is 21.6 Å². The Labute approximate surface area is 191 Å². The third-order valence-corrected chi connectivity index (χ3v) is 5.99. The van der Waals surface area contributed by atoms with E-state index in [4.69, 9.17) is 11.6 Å². The van der Waals surface area contributed by atoms with Crippen molar-refractivity contribution in [3.8, 4) is 0 Å². The first-order valence-corrected chi connectivity index (χ1v) is 10.8. The van der Waals surface area contributed by atoms with Crippen LogP contribution in [0.25, 0.3) is 16.8 Å². The molecule has 3 nitrogen and oxygen atoms in total. The first-order chi connectivity index (χ1) is 15.3. The Balaban J connectivity index is 1.43. The summed E-state index contributed by atoms with van der Waals surface area (Å²) in [4.78, 5) is 17.4. The Morgan fingerprint density at radius 3 is 2.69 bits per heavy atom. The highest BCUT2D eigenvalue weighted by molar-refractivity contribution is 7.15. The summed E-state index contributed by atoms with van der Waals surface area (Å²) < 4.78 is 38.9. The summed E-state index contributed by atoms with van der Waals surface area (Å²) in [6.45, 7) is 0. The van der Waals surface area contributed by atoms with E-state index in [2.05, 4.69) is 34.6 Å². The SMILES string of the molecule is O=C(/C=C/c1ccc(Cl)c(C(F)(F)F)c1)Nc1ncc(Cc2cccc3ccccc23)s1. The van der Waals surface area contributed by atoms with Gasteiger partial charge in [-0.25, -0.2) is 4.98 Å². The van der Waals surface area contributed by atoms with E-state index in [0.717, 1.165) is 39.4 Å². The predicted molar refractivity (Wildman–Crippen MR) is 123 cm³/mol. The Morgan fingerprint density at radius 2 is 1.88 bits per heavy atom. The molecule has 0 aliphatic heterocycles. The maximum Gasteiger partial charge on any atom is 0.417 e. The van der Waals surface area contributed by atoms with Crippen LogP contribution in [0.15, 0.2) is 72.9 Å². The molecule has 1 aromatic heterocycles. The van der Waals surface area contributed by atoms with Crippen LogP contribution < -0.4 is 5.32 Å². The number of benzene rings is 3. The van der Waals surface area contributed by atoms with Gasteiger partial charge in [0.15, 0.2) is 5.13 Å². The first-order valence-electron chi connectivity index (χ1n) is 9.57. The zero-order valence-electron chi connectivity index (χ0n) is 16.5. The molecule has 3 aromatic carbocycles. The van der Waals surface area contributed by atoms with Gasteiger partial charge in [0.1, 0.15) is 0 Å². The number of halogens is 4. The number of nitrogens with one attached hydrogen (secondary N) is 1. The summed E-state index contributed by atoms with van der Waals surface area (Å²) in [5, 5.41) is 5.00. The van der Waals surface area contributed by atoms with Crippen molar-refractivity contribution in [3.05, 3.63) is 99.5 Å². The maximum atomic E-state index is 13.0. The number of thiazole rings is 1. The molecule has 0 spiro atoms. The number of fused-ring (bicyclic) bond motifs is 1. The lowest BCUT2D eigenvalue weighted by Crippen LogP contribution is -2.07. The molecule has 0 radical (unpaired) electrons. The monoisotopic (exact) mass is 472 g/mol. The van der Waals surface area contributed by atoms with Gasteiger partial charge in [-0.3, -0.25) is 10.1 Å². The van der Waals surface area contributed by atoms with Gasteiger partial charge < -0.3 is 0 Å². The van der Waals surface area contributed by atoms with Gasteiger partial charge in [0, 0.05) is 23.6 Å². The summed E-state index contributed by atoms with van der Waals surface area (Å²) in [7, 11) is 0. The molecule has 1 N–H and O–H groups in total. The van der Waals surface area contributed by atoms with Gasteiger partial charge in [0.2, 0.25) is 5.91 Å². The number of nitrogens with zero attached hydrogens (tertiary/aromatic N) is 1. The summed E-state index contributed by atoms with van der Waals surface area (Å²) in [6, 6.07) is 17.7. The van der Waals surface area contributed by atoms with Crippen molar-refractivity contribution in [2.75, 3.05) is 5.32 Å². The third kappa shape index (κ3) is 5.18. The van der Waals surface area contributed by atoms with Gasteiger partial charge in [-0.2, -0.15) is 13.2 Å². The number of hydrogen-bond donors (Lipinski definition) is 1. The molecule has 0 atom stereocenters. The van der Waals surface area contributed by atoms with Crippen molar-refractivity contribution >= 4 is 50.8 Å². The average molecular weight is 473 g/mol. The van der Waals surface area contributed by atoms with Crippen LogP contribution in [0.5, 0.6) is 0 Å². The van der Waals surface area contributed by atoms with E-state index >= 15 is 0 Å². The fourth-order valence-corrected chi connectivity index (χ4v) is 4.33. The van der Waals surface area contributed by atoms with Crippen LogP contribution in [-0.2, 0) is 17.4 Å². The summed E-state index contributed by atoms with van der Waals surface area (Å²) in [5.41, 5.74) is 0.431. The lowest BCUT2D eigenvalue weighted by Gasteiger charge is -2.09. The number of alkyl halides is 3. The van der Waals surface area contributed by atoms with Crippen molar-refractivity contribution in [2.24, 2.45) is 0 Å². The van der Waals surface area contributed by atoms with Crippen LogP contribution in [-0.4, -0.2) is 10.9 Å². The van der Waals surface area contributed by atoms with Gasteiger partial charge in [0.05, 0.1) is 10.6 Å². The molecule has 0 fully saturated rings. The first kappa shape index (κ1) is 22.0. The Hall–Kier alpha value is -3.16. The molecule has 0 saturated carbocycles. The average Bonchev–Trinajstić information content (AvgIpc) is 3.19. The minimum Gasteiger partial charge on any atom is -0.298 e. The van der Waals surface area contributed by atoms with Gasteiger partial charge in [-0.15, -0.1) is 11.3 Å². The fraction of sp³-hybridized carbons (Fsp3) is 0.0833. The minimum atomic E-state index is -4.56. The summed E-state index contributed by atoms with van der Waals surface area (Å²) in [5.74, 6) is -0.487. The van der Waals surface area contributed by atoms with Crippen molar-refractivity contribution in [2.45, 2.75) is 12.6 Å². The predicted octanol–water partition coefficient (Wildman–Crippen LogP) is 7.21. The standard InChI is InChI=1S/C24H16ClF3N2OS/c25-21-10-8-15(12-20(21)24(26,27)28)9-11-22(31)30-23-29-14-18(32-23)13-17-6-3-5-16-4-1-2-7-19(16)17/h1-12,14H,13H2,(H,29,30,31)/b11-9+. The number of rotatable bonds is 5. The zero-order valence-corrected chi connectivity index (χ0v) is 18.1. The lowest BCUT2D eigenvalue weighted by atomic mass is 10.0. The quantitative estimate of drug-likeness (QED) is 0.312. The van der Waals surface area contributed by atoms with Crippen molar-refractivity contribution in [3.63, 3.8) is 0 Å². The van der Waals surface area contributed by atoms with Crippen molar-refractivity contribution < 1.29 is 18.0 Å². The second-order valence-electron chi connectivity index (χ2n) is 7.01. The molecule has 1 heterocycles. The zero-order chi connectivity index (χ0) is 22.7. The molecule has 0 unspecified atom stereocenters. The third-order valence-electron chi connectivity index (χ3n) is 4.75. The molecule has 162 valence electrons. The van der Waals surface area contributed by atoms with E-state index in [9.17, 15) is 18.0 Å². The number of amides is 1. The molecule has 4 aromatic rings. The number of aromatic nitrogens is 1. The second kappa shape index (κ2) is 9.14. The molecular formula is C24H16ClF3N2OS. The molecule has 4 rings (SSSR count). The van der Waals surface area contributed by atoms with Gasteiger partial charge >= 0.3 is 6.18 Å². The number of hydrogen-bond acceptors (Lipinski definition) is 3. The highest BCUT2D eigenvalue weighted by Gasteiger charge is 2.33. The molecule has 8 heteroatoms. The molecule has 32 heavy (non-hydrogen) atoms. The summed E-state index contributed by atoms with van der Waals surface area (Å²) >= 11 is 6.96. The highest BCUT2D eigenvalue weighted by atomic mass is 35.5. The fourth-order valence-electron chi connectivity index (χ4n) is 3.26. The van der Waals surface area contributed by atoms with Crippen LogP contribution in [0, 0.1) is 0 Å². The number of anilines is 1. The van der Waals surface area contributed by atoms with E-state index in [1.165, 1.54) is 23.5 Å². The van der Waals surface area contributed by atoms with E-state index in [0.29, 0.717) is 11.6 Å². The summed E-state index contributed by atoms with van der Waals surface area (Å²) in [6.07, 6.45) is 0.279. The van der Waals surface area contributed by atoms with Crippen LogP contribution in [0.4, 0.5) is 18.3 Å². The van der Waals surface area contributed by atoms with Crippen LogP contribution in [0.3, 0.4) is 0 Å². The van der Waals surface area contributed by atoms with E-state index in [1.54, 1.807) is 6.20 Å². The molecule has 0 aliphatic rings. The largest absolute Gasteiger partial charge is 0.417 e. The highest BCUT2D eigenvalue weighted by Crippen LogP contribution is 2.35. The normalized spacial score (nSPS) is 11.9. The van der Waals surface area contributed by atoms with E-state index in [1.807, 2.05) is 18.2 Å².